The lowest BCUT2D eigenvalue weighted by atomic mass is 9.87. The van der Waals surface area contributed by atoms with Gasteiger partial charge in [-0.15, -0.1) is 0 Å². The van der Waals surface area contributed by atoms with E-state index >= 15 is 0 Å². The van der Waals surface area contributed by atoms with Crippen molar-refractivity contribution in [3.05, 3.63) is 29.6 Å². The molecule has 21 heavy (non-hydrogen) atoms. The van der Waals surface area contributed by atoms with E-state index in [-0.39, 0.29) is 11.6 Å². The van der Waals surface area contributed by atoms with Gasteiger partial charge in [0.1, 0.15) is 5.82 Å². The number of hydrogen-bond acceptors (Lipinski definition) is 3. The number of benzene rings is 1. The normalized spacial score (nSPS) is 22.8. The molecule has 0 spiro atoms. The third-order valence-electron chi connectivity index (χ3n) is 3.69. The van der Waals surface area contributed by atoms with E-state index in [0.717, 1.165) is 43.9 Å². The zero-order chi connectivity index (χ0) is 15.6. The van der Waals surface area contributed by atoms with Gasteiger partial charge in [0.25, 0.3) is 15.0 Å². The van der Waals surface area contributed by atoms with Crippen molar-refractivity contribution in [2.45, 2.75) is 43.5 Å². The molecule has 0 saturated heterocycles. The summed E-state index contributed by atoms with van der Waals surface area (Å²) in [7, 11) is 1.12. The second-order valence-electron chi connectivity index (χ2n) is 5.56. The first-order valence-electron chi connectivity index (χ1n) is 6.82. The van der Waals surface area contributed by atoms with E-state index in [1.54, 1.807) is 0 Å². The van der Waals surface area contributed by atoms with Crippen LogP contribution < -0.4 is 5.32 Å². The highest BCUT2D eigenvalue weighted by Crippen LogP contribution is 2.24. The maximum Gasteiger partial charge on any atom is 0.261 e. The predicted octanol–water partition coefficient (Wildman–Crippen LogP) is 3.06. The van der Waals surface area contributed by atoms with Crippen LogP contribution in [0.3, 0.4) is 0 Å². The molecule has 2 unspecified atom stereocenters. The first-order valence-corrected chi connectivity index (χ1v) is 9.13. The lowest BCUT2D eigenvalue weighted by Gasteiger charge is -2.27. The average Bonchev–Trinajstić information content (AvgIpc) is 2.37. The summed E-state index contributed by atoms with van der Waals surface area (Å²) in [6.45, 7) is 2.12. The largest absolute Gasteiger partial charge is 0.349 e. The van der Waals surface area contributed by atoms with Gasteiger partial charge in [-0.25, -0.2) is 12.8 Å². The molecule has 0 aromatic heterocycles. The Morgan fingerprint density at radius 2 is 2.05 bits per heavy atom. The second-order valence-corrected chi connectivity index (χ2v) is 8.12. The fraction of sp³-hybridized carbons (Fsp3) is 0.500. The predicted molar refractivity (Wildman–Crippen MR) is 78.3 cm³/mol. The van der Waals surface area contributed by atoms with Gasteiger partial charge in [-0.05, 0) is 37.0 Å². The highest BCUT2D eigenvalue weighted by molar-refractivity contribution is 8.13. The summed E-state index contributed by atoms with van der Waals surface area (Å²) >= 11 is 0. The molecule has 0 heterocycles. The van der Waals surface area contributed by atoms with E-state index in [4.69, 9.17) is 10.7 Å². The molecule has 0 aliphatic heterocycles. The van der Waals surface area contributed by atoms with Crippen LogP contribution in [0.15, 0.2) is 23.1 Å². The van der Waals surface area contributed by atoms with Crippen LogP contribution in [0.4, 0.5) is 4.39 Å². The molecule has 2 rings (SSSR count). The minimum Gasteiger partial charge on any atom is -0.349 e. The van der Waals surface area contributed by atoms with Gasteiger partial charge in [0, 0.05) is 22.3 Å². The van der Waals surface area contributed by atoms with Gasteiger partial charge in [0.2, 0.25) is 0 Å². The summed E-state index contributed by atoms with van der Waals surface area (Å²) in [5.41, 5.74) is -0.0348. The molecule has 1 saturated carbocycles. The van der Waals surface area contributed by atoms with Gasteiger partial charge >= 0.3 is 0 Å². The molecule has 116 valence electrons. The Bertz CT molecular complexity index is 648. The number of amides is 1. The molecule has 2 atom stereocenters. The number of nitrogens with one attached hydrogen (secondary N) is 1. The second kappa shape index (κ2) is 6.32. The Labute approximate surface area is 128 Å². The Morgan fingerprint density at radius 3 is 2.67 bits per heavy atom. The van der Waals surface area contributed by atoms with Gasteiger partial charge in [0.15, 0.2) is 0 Å². The van der Waals surface area contributed by atoms with Crippen LogP contribution in [0.2, 0.25) is 0 Å². The van der Waals surface area contributed by atoms with Gasteiger partial charge in [-0.1, -0.05) is 19.8 Å². The molecule has 0 radical (unpaired) electrons. The molecule has 1 amide bonds. The number of halogens is 2. The van der Waals surface area contributed by atoms with Crippen molar-refractivity contribution in [1.29, 1.82) is 0 Å². The van der Waals surface area contributed by atoms with Gasteiger partial charge in [0.05, 0.1) is 4.90 Å². The summed E-state index contributed by atoms with van der Waals surface area (Å²) in [6, 6.07) is 2.93. The molecular weight excluding hydrogens is 317 g/mol. The molecule has 1 aliphatic rings. The maximum atomic E-state index is 13.5. The van der Waals surface area contributed by atoms with E-state index < -0.39 is 25.7 Å². The lowest BCUT2D eigenvalue weighted by molar-refractivity contribution is 0.0920. The van der Waals surface area contributed by atoms with Crippen molar-refractivity contribution in [2.75, 3.05) is 0 Å². The van der Waals surface area contributed by atoms with Crippen molar-refractivity contribution in [2.24, 2.45) is 5.92 Å². The number of carbonyl (C=O) groups is 1. The summed E-state index contributed by atoms with van der Waals surface area (Å²) in [6.07, 6.45) is 3.94. The monoisotopic (exact) mass is 333 g/mol. The summed E-state index contributed by atoms with van der Waals surface area (Å²) in [5.74, 6) is -0.746. The summed E-state index contributed by atoms with van der Waals surface area (Å²) in [4.78, 5) is 11.7. The van der Waals surface area contributed by atoms with E-state index in [1.807, 2.05) is 0 Å². The molecule has 4 nitrogen and oxygen atoms in total. The third kappa shape index (κ3) is 4.41. The van der Waals surface area contributed by atoms with Crippen molar-refractivity contribution in [1.82, 2.24) is 5.32 Å². The Kier molecular flexibility index (Phi) is 4.88. The van der Waals surface area contributed by atoms with Crippen LogP contribution in [0.5, 0.6) is 0 Å². The first-order chi connectivity index (χ1) is 9.75. The van der Waals surface area contributed by atoms with E-state index in [2.05, 4.69) is 12.2 Å². The highest BCUT2D eigenvalue weighted by Gasteiger charge is 2.22. The average molecular weight is 334 g/mol. The standard InChI is InChI=1S/C14H17ClFNO3S/c1-9-3-2-4-12(5-9)17-14(18)10-6-11(16)8-13(7-10)21(15,19)20/h6-9,12H,2-5H2,1H3,(H,17,18). The van der Waals surface area contributed by atoms with Gasteiger partial charge in [-0.3, -0.25) is 4.79 Å². The van der Waals surface area contributed by atoms with E-state index in [0.29, 0.717) is 5.92 Å². The molecule has 1 aliphatic carbocycles. The molecule has 1 fully saturated rings. The minimum absolute atomic E-state index is 0.0348. The number of rotatable bonds is 3. The van der Waals surface area contributed by atoms with Gasteiger partial charge in [-0.2, -0.15) is 0 Å². The molecule has 7 heteroatoms. The summed E-state index contributed by atoms with van der Waals surface area (Å²) in [5, 5.41) is 2.83. The smallest absolute Gasteiger partial charge is 0.261 e. The molecule has 1 aromatic rings. The molecule has 1 N–H and O–H groups in total. The fourth-order valence-corrected chi connectivity index (χ4v) is 3.46. The van der Waals surface area contributed by atoms with Crippen LogP contribution in [-0.4, -0.2) is 20.4 Å². The third-order valence-corrected chi connectivity index (χ3v) is 5.02. The lowest BCUT2D eigenvalue weighted by Crippen LogP contribution is -2.38. The van der Waals surface area contributed by atoms with Gasteiger partial charge < -0.3 is 5.32 Å². The van der Waals surface area contributed by atoms with Crippen LogP contribution in [-0.2, 0) is 9.05 Å². The molecular formula is C14H17ClFNO3S. The number of hydrogen-bond donors (Lipinski definition) is 1. The van der Waals surface area contributed by atoms with Crippen LogP contribution in [0, 0.1) is 11.7 Å². The van der Waals surface area contributed by atoms with Crippen LogP contribution in [0.25, 0.3) is 0 Å². The Balaban J connectivity index is 2.17. The minimum atomic E-state index is -4.07. The van der Waals surface area contributed by atoms with Crippen molar-refractivity contribution < 1.29 is 17.6 Å². The Morgan fingerprint density at radius 1 is 1.33 bits per heavy atom. The molecule has 0 bridgehead atoms. The number of carbonyl (C=O) groups excluding carboxylic acids is 1. The van der Waals surface area contributed by atoms with Crippen molar-refractivity contribution in [3.8, 4) is 0 Å². The van der Waals surface area contributed by atoms with Crippen LogP contribution >= 0.6 is 10.7 Å². The SMILES string of the molecule is CC1CCCC(NC(=O)c2cc(F)cc(S(=O)(=O)Cl)c2)C1. The topological polar surface area (TPSA) is 63.2 Å². The van der Waals surface area contributed by atoms with Crippen molar-refractivity contribution in [3.63, 3.8) is 0 Å². The summed E-state index contributed by atoms with van der Waals surface area (Å²) < 4.78 is 36.0. The zero-order valence-electron chi connectivity index (χ0n) is 11.6. The zero-order valence-corrected chi connectivity index (χ0v) is 13.2. The van der Waals surface area contributed by atoms with Crippen LogP contribution in [0.1, 0.15) is 43.0 Å². The highest BCUT2D eigenvalue weighted by atomic mass is 35.7. The molecule has 1 aromatic carbocycles. The first kappa shape index (κ1) is 16.2. The van der Waals surface area contributed by atoms with E-state index in [1.165, 1.54) is 0 Å². The fourth-order valence-electron chi connectivity index (χ4n) is 2.67. The quantitative estimate of drug-likeness (QED) is 0.865. The Hall–Kier alpha value is -1.14. The van der Waals surface area contributed by atoms with Crippen molar-refractivity contribution >= 4 is 25.6 Å². The van der Waals surface area contributed by atoms with E-state index in [9.17, 15) is 17.6 Å². The maximum absolute atomic E-state index is 13.5.